The molecule has 1 aromatic carbocycles. The van der Waals surface area contributed by atoms with Crippen molar-refractivity contribution < 1.29 is 22.3 Å². The molecule has 0 aliphatic carbocycles. The van der Waals surface area contributed by atoms with Gasteiger partial charge in [-0.1, -0.05) is 0 Å². The minimum Gasteiger partial charge on any atom is -0.479 e. The predicted octanol–water partition coefficient (Wildman–Crippen LogP) is 2.33. The van der Waals surface area contributed by atoms with E-state index in [2.05, 4.69) is 0 Å². The molecule has 1 fully saturated rings. The summed E-state index contributed by atoms with van der Waals surface area (Å²) in [6, 6.07) is 0.159. The van der Waals surface area contributed by atoms with Crippen LogP contribution in [0.2, 0.25) is 0 Å². The molecule has 0 bridgehead atoms. The van der Waals surface area contributed by atoms with E-state index in [0.717, 1.165) is 0 Å². The average molecular weight is 249 g/mol. The van der Waals surface area contributed by atoms with Gasteiger partial charge < -0.3 is 4.74 Å². The normalized spacial score (nSPS) is 18.9. The second-order valence-electron chi connectivity index (χ2n) is 4.52. The zero-order valence-electron chi connectivity index (χ0n) is 9.36. The van der Waals surface area contributed by atoms with E-state index in [-0.39, 0.29) is 6.07 Å². The van der Waals surface area contributed by atoms with E-state index in [1.807, 2.05) is 4.90 Å². The van der Waals surface area contributed by atoms with Gasteiger partial charge in [-0.2, -0.15) is 8.78 Å². The smallest absolute Gasteiger partial charge is 0.203 e. The predicted molar refractivity (Wildman–Crippen MR) is 52.8 cm³/mol. The number of likely N-dealkylation sites (tertiary alicyclic amines) is 1. The fourth-order valence-corrected chi connectivity index (χ4v) is 2.05. The van der Waals surface area contributed by atoms with Crippen LogP contribution in [0.4, 0.5) is 17.6 Å². The molecule has 2 nitrogen and oxygen atoms in total. The maximum absolute atomic E-state index is 13.3. The molecule has 0 unspecified atom stereocenters. The van der Waals surface area contributed by atoms with Crippen LogP contribution in [0.15, 0.2) is 6.07 Å². The van der Waals surface area contributed by atoms with Crippen LogP contribution in [0.1, 0.15) is 6.92 Å². The summed E-state index contributed by atoms with van der Waals surface area (Å²) in [5.41, 5.74) is -0.823. The molecule has 0 atom stereocenters. The Morgan fingerprint density at radius 3 is 2.00 bits per heavy atom. The average Bonchev–Trinajstić information content (AvgIpc) is 2.20. The van der Waals surface area contributed by atoms with E-state index in [1.165, 1.54) is 0 Å². The summed E-state index contributed by atoms with van der Waals surface area (Å²) in [4.78, 5) is 1.85. The lowest BCUT2D eigenvalue weighted by molar-refractivity contribution is -0.0546. The number of rotatable bonds is 2. The Morgan fingerprint density at radius 1 is 1.12 bits per heavy atom. The molecule has 0 radical (unpaired) electrons. The molecule has 1 saturated heterocycles. The molecule has 2 rings (SSSR count). The molecule has 94 valence electrons. The zero-order chi connectivity index (χ0) is 12.8. The van der Waals surface area contributed by atoms with Crippen molar-refractivity contribution in [3.05, 3.63) is 29.3 Å². The lowest BCUT2D eigenvalue weighted by Crippen LogP contribution is -2.61. The van der Waals surface area contributed by atoms with E-state index < -0.39 is 34.6 Å². The van der Waals surface area contributed by atoms with Gasteiger partial charge in [0, 0.05) is 19.2 Å². The molecule has 0 N–H and O–H groups in total. The Balaban J connectivity index is 2.33. The minimum absolute atomic E-state index is 0.159. The van der Waals surface area contributed by atoms with Gasteiger partial charge >= 0.3 is 0 Å². The van der Waals surface area contributed by atoms with Gasteiger partial charge in [-0.3, -0.25) is 4.90 Å². The summed E-state index contributed by atoms with van der Waals surface area (Å²) in [6.07, 6.45) is 0. The number of hydrogen-bond acceptors (Lipinski definition) is 2. The number of nitrogens with zero attached hydrogens (tertiary/aromatic N) is 1. The third kappa shape index (κ3) is 2.09. The molecule has 0 saturated carbocycles. The van der Waals surface area contributed by atoms with Crippen LogP contribution in [-0.2, 0) is 0 Å². The van der Waals surface area contributed by atoms with Gasteiger partial charge in [0.1, 0.15) is 5.60 Å². The van der Waals surface area contributed by atoms with Gasteiger partial charge in [-0.25, -0.2) is 8.78 Å². The van der Waals surface area contributed by atoms with Gasteiger partial charge in [-0.15, -0.1) is 0 Å². The van der Waals surface area contributed by atoms with E-state index in [9.17, 15) is 17.6 Å². The second kappa shape index (κ2) is 3.87. The van der Waals surface area contributed by atoms with Crippen LogP contribution in [0.3, 0.4) is 0 Å². The highest BCUT2D eigenvalue weighted by molar-refractivity contribution is 5.29. The molecule has 0 amide bonds. The number of benzene rings is 1. The number of likely N-dealkylation sites (N-methyl/N-ethyl adjacent to an activating group) is 1. The lowest BCUT2D eigenvalue weighted by atomic mass is 9.97. The van der Waals surface area contributed by atoms with Crippen LogP contribution in [0, 0.1) is 23.3 Å². The van der Waals surface area contributed by atoms with E-state index in [1.54, 1.807) is 14.0 Å². The van der Waals surface area contributed by atoms with Crippen molar-refractivity contribution in [2.45, 2.75) is 12.5 Å². The van der Waals surface area contributed by atoms with Crippen molar-refractivity contribution in [1.82, 2.24) is 4.90 Å². The summed E-state index contributed by atoms with van der Waals surface area (Å²) in [5, 5.41) is 0. The van der Waals surface area contributed by atoms with Crippen LogP contribution >= 0.6 is 0 Å². The summed E-state index contributed by atoms with van der Waals surface area (Å²) in [6.45, 7) is 2.49. The minimum atomic E-state index is -1.50. The first-order valence-electron chi connectivity index (χ1n) is 5.03. The number of halogens is 4. The first kappa shape index (κ1) is 12.2. The molecular formula is C11H11F4NO. The van der Waals surface area contributed by atoms with E-state index in [4.69, 9.17) is 4.74 Å². The Kier molecular flexibility index (Phi) is 2.77. The zero-order valence-corrected chi connectivity index (χ0v) is 9.36. The summed E-state index contributed by atoms with van der Waals surface area (Å²) < 4.78 is 57.5. The number of hydrogen-bond donors (Lipinski definition) is 0. The topological polar surface area (TPSA) is 12.5 Å². The SMILES string of the molecule is CN1CC(C)(Oc2c(F)c(F)cc(F)c2F)C1. The summed E-state index contributed by atoms with van der Waals surface area (Å²) >= 11 is 0. The van der Waals surface area contributed by atoms with Gasteiger partial charge in [0.05, 0.1) is 0 Å². The highest BCUT2D eigenvalue weighted by Gasteiger charge is 2.40. The standard InChI is InChI=1S/C11H11F4NO/c1-11(4-16(2)5-11)17-10-8(14)6(12)3-7(13)9(10)15/h3H,4-5H2,1-2H3. The van der Waals surface area contributed by atoms with E-state index >= 15 is 0 Å². The molecule has 1 aliphatic rings. The molecule has 1 aliphatic heterocycles. The fourth-order valence-electron chi connectivity index (χ4n) is 2.05. The third-order valence-corrected chi connectivity index (χ3v) is 2.63. The maximum atomic E-state index is 13.3. The Bertz CT molecular complexity index is 431. The molecule has 6 heteroatoms. The number of ether oxygens (including phenoxy) is 1. The van der Waals surface area contributed by atoms with Crippen LogP contribution < -0.4 is 4.74 Å². The van der Waals surface area contributed by atoms with Crippen molar-refractivity contribution in [2.24, 2.45) is 0 Å². The summed E-state index contributed by atoms with van der Waals surface area (Å²) in [7, 11) is 1.80. The van der Waals surface area contributed by atoms with Crippen LogP contribution in [-0.4, -0.2) is 30.6 Å². The van der Waals surface area contributed by atoms with Crippen LogP contribution in [0.5, 0.6) is 5.75 Å². The monoisotopic (exact) mass is 249 g/mol. The Hall–Kier alpha value is -1.30. The quantitative estimate of drug-likeness (QED) is 0.589. The molecule has 1 heterocycles. The van der Waals surface area contributed by atoms with Crippen molar-refractivity contribution in [3.8, 4) is 5.75 Å². The van der Waals surface area contributed by atoms with Crippen molar-refractivity contribution >= 4 is 0 Å². The van der Waals surface area contributed by atoms with E-state index in [0.29, 0.717) is 13.1 Å². The lowest BCUT2D eigenvalue weighted by Gasteiger charge is -2.45. The van der Waals surface area contributed by atoms with Crippen molar-refractivity contribution in [1.29, 1.82) is 0 Å². The molecule has 17 heavy (non-hydrogen) atoms. The van der Waals surface area contributed by atoms with Gasteiger partial charge in [0.25, 0.3) is 0 Å². The first-order valence-corrected chi connectivity index (χ1v) is 5.03. The highest BCUT2D eigenvalue weighted by Crippen LogP contribution is 2.32. The maximum Gasteiger partial charge on any atom is 0.203 e. The van der Waals surface area contributed by atoms with Crippen LogP contribution in [0.25, 0.3) is 0 Å². The van der Waals surface area contributed by atoms with Crippen molar-refractivity contribution in [3.63, 3.8) is 0 Å². The third-order valence-electron chi connectivity index (χ3n) is 2.63. The Labute approximate surface area is 95.8 Å². The molecule has 0 spiro atoms. The fraction of sp³-hybridized carbons (Fsp3) is 0.455. The highest BCUT2D eigenvalue weighted by atomic mass is 19.2. The molecular weight excluding hydrogens is 238 g/mol. The van der Waals surface area contributed by atoms with Gasteiger partial charge in [0.2, 0.25) is 11.6 Å². The van der Waals surface area contributed by atoms with Gasteiger partial charge in [0.15, 0.2) is 17.4 Å². The molecule has 1 aromatic rings. The Morgan fingerprint density at radius 2 is 1.59 bits per heavy atom. The largest absolute Gasteiger partial charge is 0.479 e. The van der Waals surface area contributed by atoms with Gasteiger partial charge in [-0.05, 0) is 14.0 Å². The molecule has 0 aromatic heterocycles. The second-order valence-corrected chi connectivity index (χ2v) is 4.52. The first-order chi connectivity index (χ1) is 7.82. The van der Waals surface area contributed by atoms with Crippen molar-refractivity contribution in [2.75, 3.05) is 20.1 Å². The summed E-state index contributed by atoms with van der Waals surface area (Å²) in [5.74, 6) is -6.91.